The minimum Gasteiger partial charge on any atom is -0.364 e. The normalized spacial score (nSPS) is 10.7. The molecule has 0 spiro atoms. The summed E-state index contributed by atoms with van der Waals surface area (Å²) in [5, 5.41) is 6.07. The summed E-state index contributed by atoms with van der Waals surface area (Å²) < 4.78 is 0. The van der Waals surface area contributed by atoms with Crippen LogP contribution < -0.4 is 10.6 Å². The summed E-state index contributed by atoms with van der Waals surface area (Å²) in [6.45, 7) is 6.56. The van der Waals surface area contributed by atoms with E-state index in [1.165, 1.54) is 5.56 Å². The number of nitrogens with zero attached hydrogens (tertiary/aromatic N) is 3. The van der Waals surface area contributed by atoms with E-state index >= 15 is 0 Å². The molecule has 2 heterocycles. The maximum Gasteiger partial charge on any atom is 0.274 e. The van der Waals surface area contributed by atoms with Gasteiger partial charge in [-0.2, -0.15) is 0 Å². The molecule has 2 N–H and O–H groups in total. The number of benzene rings is 1. The maximum atomic E-state index is 12.6. The number of aromatic nitrogens is 3. The zero-order chi connectivity index (χ0) is 19.2. The van der Waals surface area contributed by atoms with Crippen molar-refractivity contribution in [3.8, 4) is 0 Å². The van der Waals surface area contributed by atoms with Gasteiger partial charge >= 0.3 is 0 Å². The molecule has 0 fully saturated rings. The standard InChI is InChI=1S/C21H23N5O/c1-14(2)16-7-9-17(10-8-16)26-21(27)19-12-20(25-15(3)24-19)23-13-18-6-4-5-11-22-18/h4-12,14H,13H2,1-3H3,(H,26,27)(H,23,24,25). The Kier molecular flexibility index (Phi) is 5.76. The van der Waals surface area contributed by atoms with Crippen LogP contribution in [0, 0.1) is 6.92 Å². The molecule has 27 heavy (non-hydrogen) atoms. The number of aryl methyl sites for hydroxylation is 1. The van der Waals surface area contributed by atoms with Crippen LogP contribution in [0.5, 0.6) is 0 Å². The van der Waals surface area contributed by atoms with Crippen LogP contribution in [0.15, 0.2) is 54.7 Å². The van der Waals surface area contributed by atoms with Gasteiger partial charge < -0.3 is 10.6 Å². The highest BCUT2D eigenvalue weighted by Crippen LogP contribution is 2.18. The molecule has 0 unspecified atom stereocenters. The molecule has 1 amide bonds. The smallest absolute Gasteiger partial charge is 0.274 e. The maximum absolute atomic E-state index is 12.6. The molecule has 3 aromatic rings. The van der Waals surface area contributed by atoms with Crippen LogP contribution in [0.4, 0.5) is 11.5 Å². The van der Waals surface area contributed by atoms with Gasteiger partial charge in [-0.05, 0) is 42.7 Å². The number of carbonyl (C=O) groups excluding carboxylic acids is 1. The van der Waals surface area contributed by atoms with Gasteiger partial charge in [0.15, 0.2) is 0 Å². The fourth-order valence-corrected chi connectivity index (χ4v) is 2.60. The van der Waals surface area contributed by atoms with Crippen LogP contribution in [0.3, 0.4) is 0 Å². The van der Waals surface area contributed by atoms with Gasteiger partial charge in [-0.25, -0.2) is 9.97 Å². The third kappa shape index (κ3) is 5.10. The fourth-order valence-electron chi connectivity index (χ4n) is 2.60. The van der Waals surface area contributed by atoms with Crippen molar-refractivity contribution in [1.82, 2.24) is 15.0 Å². The SMILES string of the molecule is Cc1nc(NCc2ccccn2)cc(C(=O)Nc2ccc(C(C)C)cc2)n1. The third-order valence-electron chi connectivity index (χ3n) is 4.08. The van der Waals surface area contributed by atoms with Crippen LogP contribution in [-0.2, 0) is 6.54 Å². The van der Waals surface area contributed by atoms with E-state index in [2.05, 4.69) is 39.4 Å². The second kappa shape index (κ2) is 8.40. The van der Waals surface area contributed by atoms with E-state index in [1.807, 2.05) is 42.5 Å². The number of carbonyl (C=O) groups is 1. The highest BCUT2D eigenvalue weighted by atomic mass is 16.1. The number of rotatable bonds is 6. The Labute approximate surface area is 159 Å². The fraction of sp³-hybridized carbons (Fsp3) is 0.238. The predicted octanol–water partition coefficient (Wildman–Crippen LogP) is 4.17. The van der Waals surface area contributed by atoms with Crippen molar-refractivity contribution in [2.24, 2.45) is 0 Å². The summed E-state index contributed by atoms with van der Waals surface area (Å²) in [7, 11) is 0. The summed E-state index contributed by atoms with van der Waals surface area (Å²) in [5.74, 6) is 1.31. The first kappa shape index (κ1) is 18.5. The molecule has 138 valence electrons. The summed E-state index contributed by atoms with van der Waals surface area (Å²) in [6, 6.07) is 15.2. The Morgan fingerprint density at radius 2 is 1.85 bits per heavy atom. The summed E-state index contributed by atoms with van der Waals surface area (Å²) in [4.78, 5) is 25.4. The molecule has 0 aliphatic carbocycles. The average Bonchev–Trinajstić information content (AvgIpc) is 2.67. The molecule has 6 heteroatoms. The van der Waals surface area contributed by atoms with Crippen molar-refractivity contribution in [2.75, 3.05) is 10.6 Å². The Morgan fingerprint density at radius 3 is 2.52 bits per heavy atom. The molecular weight excluding hydrogens is 338 g/mol. The molecule has 2 aromatic heterocycles. The van der Waals surface area contributed by atoms with Gasteiger partial charge in [0, 0.05) is 18.0 Å². The number of amides is 1. The quantitative estimate of drug-likeness (QED) is 0.689. The number of hydrogen-bond donors (Lipinski definition) is 2. The number of nitrogens with one attached hydrogen (secondary N) is 2. The van der Waals surface area contributed by atoms with E-state index in [0.29, 0.717) is 29.8 Å². The van der Waals surface area contributed by atoms with Gasteiger partial charge in [-0.3, -0.25) is 9.78 Å². The molecule has 0 atom stereocenters. The van der Waals surface area contributed by atoms with Crippen molar-refractivity contribution in [3.63, 3.8) is 0 Å². The van der Waals surface area contributed by atoms with Crippen molar-refractivity contribution in [3.05, 3.63) is 77.5 Å². The zero-order valence-electron chi connectivity index (χ0n) is 15.7. The predicted molar refractivity (Wildman–Crippen MR) is 107 cm³/mol. The van der Waals surface area contributed by atoms with Crippen LogP contribution in [0.25, 0.3) is 0 Å². The highest BCUT2D eigenvalue weighted by Gasteiger charge is 2.11. The van der Waals surface area contributed by atoms with Gasteiger partial charge in [0.2, 0.25) is 0 Å². The first-order valence-corrected chi connectivity index (χ1v) is 8.92. The highest BCUT2D eigenvalue weighted by molar-refractivity contribution is 6.03. The summed E-state index contributed by atoms with van der Waals surface area (Å²) in [5.41, 5.74) is 3.18. The van der Waals surface area contributed by atoms with Gasteiger partial charge in [-0.15, -0.1) is 0 Å². The molecular formula is C21H23N5O. The molecule has 6 nitrogen and oxygen atoms in total. The first-order valence-electron chi connectivity index (χ1n) is 8.92. The molecule has 0 radical (unpaired) electrons. The zero-order valence-corrected chi connectivity index (χ0v) is 15.7. The van der Waals surface area contributed by atoms with Crippen molar-refractivity contribution in [2.45, 2.75) is 33.2 Å². The Morgan fingerprint density at radius 1 is 1.07 bits per heavy atom. The van der Waals surface area contributed by atoms with E-state index < -0.39 is 0 Å². The lowest BCUT2D eigenvalue weighted by Crippen LogP contribution is -2.16. The molecule has 0 aliphatic rings. The number of pyridine rings is 1. The van der Waals surface area contributed by atoms with Crippen LogP contribution in [0.2, 0.25) is 0 Å². The van der Waals surface area contributed by atoms with Gasteiger partial charge in [0.1, 0.15) is 17.3 Å². The Bertz CT molecular complexity index is 908. The second-order valence-corrected chi connectivity index (χ2v) is 6.59. The molecule has 3 rings (SSSR count). The molecule has 1 aromatic carbocycles. The van der Waals surface area contributed by atoms with Gasteiger partial charge in [-0.1, -0.05) is 32.0 Å². The molecule has 0 aliphatic heterocycles. The van der Waals surface area contributed by atoms with Crippen LogP contribution in [-0.4, -0.2) is 20.9 Å². The monoisotopic (exact) mass is 361 g/mol. The minimum absolute atomic E-state index is 0.265. The van der Waals surface area contributed by atoms with Crippen molar-refractivity contribution < 1.29 is 4.79 Å². The largest absolute Gasteiger partial charge is 0.364 e. The van der Waals surface area contributed by atoms with E-state index in [-0.39, 0.29) is 5.91 Å². The van der Waals surface area contributed by atoms with Crippen molar-refractivity contribution in [1.29, 1.82) is 0 Å². The van der Waals surface area contributed by atoms with E-state index in [4.69, 9.17) is 0 Å². The minimum atomic E-state index is -0.265. The second-order valence-electron chi connectivity index (χ2n) is 6.59. The average molecular weight is 361 g/mol. The van der Waals surface area contributed by atoms with Crippen LogP contribution in [0.1, 0.15) is 47.3 Å². The summed E-state index contributed by atoms with van der Waals surface area (Å²) >= 11 is 0. The Hall–Kier alpha value is -3.28. The van der Waals surface area contributed by atoms with Gasteiger partial charge in [0.25, 0.3) is 5.91 Å². The van der Waals surface area contributed by atoms with E-state index in [9.17, 15) is 4.79 Å². The van der Waals surface area contributed by atoms with Crippen LogP contribution >= 0.6 is 0 Å². The Balaban J connectivity index is 1.69. The lowest BCUT2D eigenvalue weighted by atomic mass is 10.0. The number of anilines is 2. The topological polar surface area (TPSA) is 79.8 Å². The van der Waals surface area contributed by atoms with E-state index in [0.717, 1.165) is 11.4 Å². The summed E-state index contributed by atoms with van der Waals surface area (Å²) in [6.07, 6.45) is 1.74. The molecule has 0 saturated carbocycles. The lowest BCUT2D eigenvalue weighted by molar-refractivity contribution is 0.102. The number of hydrogen-bond acceptors (Lipinski definition) is 5. The molecule has 0 saturated heterocycles. The first-order chi connectivity index (χ1) is 13.0. The molecule has 0 bridgehead atoms. The van der Waals surface area contributed by atoms with E-state index in [1.54, 1.807) is 19.2 Å². The van der Waals surface area contributed by atoms with Gasteiger partial charge in [0.05, 0.1) is 12.2 Å². The van der Waals surface area contributed by atoms with Crippen molar-refractivity contribution >= 4 is 17.4 Å². The lowest BCUT2D eigenvalue weighted by Gasteiger charge is -2.10. The third-order valence-corrected chi connectivity index (χ3v) is 4.08.